The molecule has 2 N–H and O–H groups in total. The van der Waals surface area contributed by atoms with E-state index in [4.69, 9.17) is 11.6 Å². The molecule has 0 saturated heterocycles. The van der Waals surface area contributed by atoms with Gasteiger partial charge in [-0.3, -0.25) is 14.5 Å². The Balaban J connectivity index is 0.00000210. The van der Waals surface area contributed by atoms with Crippen LogP contribution < -0.4 is 9.80 Å². The zero-order chi connectivity index (χ0) is 19.6. The lowest BCUT2D eigenvalue weighted by atomic mass is 10.1. The topological polar surface area (TPSA) is 75.4 Å². The number of fused-ring (bicyclic) bond motifs is 2. The Bertz CT molecular complexity index is 872. The van der Waals surface area contributed by atoms with Gasteiger partial charge in [-0.2, -0.15) is 0 Å². The monoisotopic (exact) mass is 439 g/mol. The summed E-state index contributed by atoms with van der Waals surface area (Å²) in [6.45, 7) is 6.64. The lowest BCUT2D eigenvalue weighted by Crippen LogP contribution is -2.32. The molecule has 2 amide bonds. The number of benzene rings is 2. The van der Waals surface area contributed by atoms with E-state index in [0.29, 0.717) is 40.6 Å². The molecule has 0 aliphatic carbocycles. The highest BCUT2D eigenvalue weighted by atomic mass is 35.5. The van der Waals surface area contributed by atoms with Crippen LogP contribution in [0.3, 0.4) is 0 Å². The minimum Gasteiger partial charge on any atom is -0.412 e. The average molecular weight is 440 g/mol. The van der Waals surface area contributed by atoms with Gasteiger partial charge >= 0.3 is 0 Å². The fraction of sp³-hybridized carbons (Fsp3) is 0.333. The summed E-state index contributed by atoms with van der Waals surface area (Å²) in [5.74, 6) is -0.200. The van der Waals surface area contributed by atoms with Gasteiger partial charge in [0.05, 0.1) is 22.6 Å². The highest BCUT2D eigenvalue weighted by Gasteiger charge is 2.32. The second-order valence-electron chi connectivity index (χ2n) is 6.52. The predicted octanol–water partition coefficient (Wildman–Crippen LogP) is 3.92. The molecule has 0 unspecified atom stereocenters. The van der Waals surface area contributed by atoms with E-state index in [9.17, 15) is 9.59 Å². The summed E-state index contributed by atoms with van der Waals surface area (Å²) in [6.07, 6.45) is 0.371. The zero-order valence-corrected chi connectivity index (χ0v) is 18.4. The van der Waals surface area contributed by atoms with Crippen LogP contribution in [0.5, 0.6) is 0 Å². The molecule has 0 aromatic heterocycles. The van der Waals surface area contributed by atoms with E-state index in [1.54, 1.807) is 41.1 Å². The predicted molar refractivity (Wildman–Crippen MR) is 121 cm³/mol. The summed E-state index contributed by atoms with van der Waals surface area (Å²) in [7, 11) is 1.71. The number of nitrogens with zero attached hydrogens (tertiary/aromatic N) is 3. The van der Waals surface area contributed by atoms with Gasteiger partial charge in [0.25, 0.3) is 5.91 Å². The van der Waals surface area contributed by atoms with E-state index in [2.05, 4.69) is 18.7 Å². The molecule has 0 fully saturated rings. The highest BCUT2D eigenvalue weighted by molar-refractivity contribution is 6.31. The maximum Gasteiger partial charge on any atom is 0.260 e. The van der Waals surface area contributed by atoms with E-state index >= 15 is 0 Å². The molecule has 1 aliphatic rings. The first kappa shape index (κ1) is 24.9. The number of rotatable bonds is 5. The molecule has 0 bridgehead atoms. The Morgan fingerprint density at radius 1 is 1.03 bits per heavy atom. The highest BCUT2D eigenvalue weighted by Crippen LogP contribution is 2.41. The molecule has 0 radical (unpaired) electrons. The number of carbonyl (C=O) groups excluding carboxylic acids is 2. The molecule has 2 aromatic carbocycles. The number of para-hydroxylation sites is 1. The number of anilines is 3. The Kier molecular flexibility index (Phi) is 9.11. The summed E-state index contributed by atoms with van der Waals surface area (Å²) in [6, 6.07) is 12.5. The molecule has 158 valence electrons. The van der Waals surface area contributed by atoms with Gasteiger partial charge in [0, 0.05) is 25.0 Å². The summed E-state index contributed by atoms with van der Waals surface area (Å²) in [5, 5.41) is 0.523. The van der Waals surface area contributed by atoms with Gasteiger partial charge in [-0.25, -0.2) is 0 Å². The second kappa shape index (κ2) is 10.6. The van der Waals surface area contributed by atoms with Gasteiger partial charge in [0.2, 0.25) is 5.91 Å². The lowest BCUT2D eigenvalue weighted by molar-refractivity contribution is -0.118. The minimum atomic E-state index is -0.159. The summed E-state index contributed by atoms with van der Waals surface area (Å²) in [4.78, 5) is 31.6. The zero-order valence-electron chi connectivity index (χ0n) is 16.8. The van der Waals surface area contributed by atoms with Gasteiger partial charge in [0.1, 0.15) is 0 Å². The number of hydrogen-bond acceptors (Lipinski definition) is 3. The van der Waals surface area contributed by atoms with Gasteiger partial charge in [0.15, 0.2) is 0 Å². The van der Waals surface area contributed by atoms with Crippen molar-refractivity contribution in [3.8, 4) is 0 Å². The summed E-state index contributed by atoms with van der Waals surface area (Å²) in [5.41, 5.74) is 2.41. The van der Waals surface area contributed by atoms with Crippen molar-refractivity contribution in [2.75, 3.05) is 36.5 Å². The molecule has 2 aromatic rings. The standard InChI is InChI=1S/C21H24ClN3O2.ClH.H2O/c1-4-24(5-2)13-12-20(26)25-17-9-7-6-8-16(17)21(27)23(3)19-14-15(22)10-11-18(19)25;;/h6-11,14H,4-5,12-13H2,1-3H3;1H;1H2. The van der Waals surface area contributed by atoms with E-state index in [-0.39, 0.29) is 29.7 Å². The largest absolute Gasteiger partial charge is 0.412 e. The Morgan fingerprint density at radius 3 is 2.34 bits per heavy atom. The maximum atomic E-state index is 13.2. The quantitative estimate of drug-likeness (QED) is 0.707. The van der Waals surface area contributed by atoms with Crippen LogP contribution in [0.4, 0.5) is 17.1 Å². The fourth-order valence-electron chi connectivity index (χ4n) is 3.40. The Hall–Kier alpha value is -2.12. The molecule has 29 heavy (non-hydrogen) atoms. The Labute approximate surface area is 182 Å². The first-order chi connectivity index (χ1) is 13.0. The number of amides is 2. The van der Waals surface area contributed by atoms with Crippen molar-refractivity contribution in [2.45, 2.75) is 20.3 Å². The van der Waals surface area contributed by atoms with Crippen molar-refractivity contribution in [2.24, 2.45) is 0 Å². The van der Waals surface area contributed by atoms with Crippen LogP contribution in [-0.4, -0.2) is 48.9 Å². The summed E-state index contributed by atoms with van der Waals surface area (Å²) >= 11 is 6.17. The molecular formula is C21H27Cl2N3O3. The molecule has 0 spiro atoms. The molecule has 8 heteroatoms. The third-order valence-corrected chi connectivity index (χ3v) is 5.24. The van der Waals surface area contributed by atoms with E-state index < -0.39 is 0 Å². The van der Waals surface area contributed by atoms with Crippen molar-refractivity contribution < 1.29 is 15.1 Å². The number of hydrogen-bond donors (Lipinski definition) is 0. The molecular weight excluding hydrogens is 413 g/mol. The van der Waals surface area contributed by atoms with Crippen LogP contribution in [0.15, 0.2) is 42.5 Å². The van der Waals surface area contributed by atoms with Crippen molar-refractivity contribution in [1.29, 1.82) is 0 Å². The smallest absolute Gasteiger partial charge is 0.260 e. The third-order valence-electron chi connectivity index (χ3n) is 5.01. The lowest BCUT2D eigenvalue weighted by Gasteiger charge is -2.26. The van der Waals surface area contributed by atoms with Crippen LogP contribution in [0.2, 0.25) is 5.02 Å². The molecule has 0 saturated carbocycles. The number of halogens is 2. The van der Waals surface area contributed by atoms with Gasteiger partial charge in [-0.1, -0.05) is 37.6 Å². The van der Waals surface area contributed by atoms with E-state index in [1.165, 1.54) is 0 Å². The average Bonchev–Trinajstić information content (AvgIpc) is 2.77. The van der Waals surface area contributed by atoms with Crippen LogP contribution in [0, 0.1) is 0 Å². The summed E-state index contributed by atoms with van der Waals surface area (Å²) < 4.78 is 0. The van der Waals surface area contributed by atoms with E-state index in [0.717, 1.165) is 13.1 Å². The van der Waals surface area contributed by atoms with Crippen LogP contribution in [-0.2, 0) is 4.79 Å². The normalized spacial score (nSPS) is 12.5. The first-order valence-electron chi connectivity index (χ1n) is 9.19. The first-order valence-corrected chi connectivity index (χ1v) is 9.57. The van der Waals surface area contributed by atoms with Crippen molar-refractivity contribution in [3.63, 3.8) is 0 Å². The minimum absolute atomic E-state index is 0. The number of carbonyl (C=O) groups is 2. The SMILES string of the molecule is CCN(CC)CCC(=O)N1c2ccccc2C(=O)N(C)c2cc(Cl)ccc21.Cl.O. The third kappa shape index (κ3) is 4.90. The van der Waals surface area contributed by atoms with Crippen molar-refractivity contribution in [1.82, 2.24) is 4.90 Å². The second-order valence-corrected chi connectivity index (χ2v) is 6.96. The van der Waals surface area contributed by atoms with Crippen LogP contribution in [0.1, 0.15) is 30.6 Å². The molecule has 0 atom stereocenters. The molecule has 3 rings (SSSR count). The molecule has 1 aliphatic heterocycles. The Morgan fingerprint density at radius 2 is 1.69 bits per heavy atom. The van der Waals surface area contributed by atoms with Crippen LogP contribution in [0.25, 0.3) is 0 Å². The molecule has 1 heterocycles. The van der Waals surface area contributed by atoms with Gasteiger partial charge in [-0.05, 0) is 43.4 Å². The maximum absolute atomic E-state index is 13.2. The van der Waals surface area contributed by atoms with Crippen molar-refractivity contribution >= 4 is 52.9 Å². The fourth-order valence-corrected chi connectivity index (χ4v) is 3.56. The van der Waals surface area contributed by atoms with Crippen molar-refractivity contribution in [3.05, 3.63) is 53.1 Å². The van der Waals surface area contributed by atoms with E-state index in [1.807, 2.05) is 18.2 Å². The molecule has 6 nitrogen and oxygen atoms in total. The van der Waals surface area contributed by atoms with Crippen LogP contribution >= 0.6 is 24.0 Å². The van der Waals surface area contributed by atoms with Gasteiger partial charge < -0.3 is 15.3 Å². The van der Waals surface area contributed by atoms with Gasteiger partial charge in [-0.15, -0.1) is 12.4 Å².